The van der Waals surface area contributed by atoms with Crippen LogP contribution in [-0.4, -0.2) is 27.3 Å². The van der Waals surface area contributed by atoms with Gasteiger partial charge in [-0.15, -0.1) is 0 Å². The van der Waals surface area contributed by atoms with Gasteiger partial charge in [-0.3, -0.25) is 0 Å². The van der Waals surface area contributed by atoms with Crippen LogP contribution >= 0.6 is 0 Å². The Hall–Kier alpha value is -1.11. The summed E-state index contributed by atoms with van der Waals surface area (Å²) in [6, 6.07) is 1.40. The summed E-state index contributed by atoms with van der Waals surface area (Å²) in [4.78, 5) is 3.67. The van der Waals surface area contributed by atoms with Crippen LogP contribution in [0.2, 0.25) is 0 Å². The van der Waals surface area contributed by atoms with E-state index in [0.29, 0.717) is 5.56 Å². The minimum Gasteiger partial charge on any atom is -0.423 e. The van der Waals surface area contributed by atoms with E-state index >= 15 is 0 Å². The molecule has 0 aliphatic carbocycles. The Kier molecular flexibility index (Phi) is 2.64. The molecule has 1 heterocycles. The average Bonchev–Trinajstić information content (AvgIpc) is 2.05. The number of aliphatic hydroxyl groups is 1. The molecule has 0 bridgehead atoms. The molecule has 1 aromatic rings. The Bertz CT molecular complexity index is 279. The Morgan fingerprint density at radius 3 is 2.67 bits per heavy atom. The fourth-order valence-electron chi connectivity index (χ4n) is 0.831. The van der Waals surface area contributed by atoms with Crippen molar-refractivity contribution in [3.63, 3.8) is 0 Å². The molecule has 1 aromatic heterocycles. The molecule has 1 rings (SSSR count). The van der Waals surface area contributed by atoms with Crippen LogP contribution in [0.1, 0.15) is 5.56 Å². The number of nitrogen functional groups attached to an aromatic ring is 1. The Balaban J connectivity index is 3.08. The number of nitrogens with zero attached hydrogens (tertiary/aromatic N) is 1. The van der Waals surface area contributed by atoms with E-state index < -0.39 is 7.12 Å². The summed E-state index contributed by atoms with van der Waals surface area (Å²) in [7, 11) is -1.65. The molecule has 5 nitrogen and oxygen atoms in total. The van der Waals surface area contributed by atoms with E-state index in [-0.39, 0.29) is 17.9 Å². The van der Waals surface area contributed by atoms with Crippen molar-refractivity contribution in [2.45, 2.75) is 6.61 Å². The number of hydrogen-bond acceptors (Lipinski definition) is 5. The number of hydrogen-bond donors (Lipinski definition) is 4. The van der Waals surface area contributed by atoms with Gasteiger partial charge in [0.1, 0.15) is 5.82 Å². The maximum Gasteiger partial charge on any atom is 0.492 e. The third-order valence-corrected chi connectivity index (χ3v) is 1.47. The molecule has 0 spiro atoms. The molecule has 0 aliphatic rings. The van der Waals surface area contributed by atoms with Crippen molar-refractivity contribution >= 4 is 18.4 Å². The second-order valence-corrected chi connectivity index (χ2v) is 2.35. The first-order valence-corrected chi connectivity index (χ1v) is 3.36. The SMILES string of the molecule is Nc1ncc(CO)cc1B(O)O. The normalized spacial score (nSPS) is 9.92. The fraction of sp³-hybridized carbons (Fsp3) is 0.167. The predicted octanol–water partition coefficient (Wildman–Crippen LogP) is -2.16. The molecule has 12 heavy (non-hydrogen) atoms. The van der Waals surface area contributed by atoms with Crippen molar-refractivity contribution in [2.24, 2.45) is 0 Å². The summed E-state index contributed by atoms with van der Waals surface area (Å²) in [6.07, 6.45) is 1.38. The van der Waals surface area contributed by atoms with Crippen molar-refractivity contribution < 1.29 is 15.2 Å². The van der Waals surface area contributed by atoms with Gasteiger partial charge in [0.25, 0.3) is 0 Å². The first-order valence-electron chi connectivity index (χ1n) is 3.36. The molecule has 0 atom stereocenters. The second kappa shape index (κ2) is 3.53. The molecule has 0 saturated heterocycles. The molecule has 0 unspecified atom stereocenters. The Morgan fingerprint density at radius 2 is 2.17 bits per heavy atom. The van der Waals surface area contributed by atoms with Crippen LogP contribution in [0.3, 0.4) is 0 Å². The monoisotopic (exact) mass is 168 g/mol. The zero-order chi connectivity index (χ0) is 9.14. The van der Waals surface area contributed by atoms with Gasteiger partial charge in [-0.05, 0) is 5.56 Å². The predicted molar refractivity (Wildman–Crippen MR) is 44.4 cm³/mol. The quantitative estimate of drug-likeness (QED) is 0.377. The topological polar surface area (TPSA) is 99.6 Å². The molecule has 0 aliphatic heterocycles. The van der Waals surface area contributed by atoms with Crippen LogP contribution in [0.5, 0.6) is 0 Å². The summed E-state index contributed by atoms with van der Waals surface area (Å²) in [5, 5.41) is 26.2. The lowest BCUT2D eigenvalue weighted by molar-refractivity contribution is 0.281. The molecular formula is C6H9BN2O3. The highest BCUT2D eigenvalue weighted by atomic mass is 16.4. The Labute approximate surface area is 69.6 Å². The second-order valence-electron chi connectivity index (χ2n) is 2.35. The van der Waals surface area contributed by atoms with E-state index in [9.17, 15) is 0 Å². The van der Waals surface area contributed by atoms with Crippen molar-refractivity contribution in [1.29, 1.82) is 0 Å². The first-order chi connectivity index (χ1) is 5.65. The minimum absolute atomic E-state index is 0.0576. The molecule has 6 heteroatoms. The van der Waals surface area contributed by atoms with E-state index in [1.807, 2.05) is 0 Å². The van der Waals surface area contributed by atoms with Crippen LogP contribution in [-0.2, 0) is 6.61 Å². The van der Waals surface area contributed by atoms with Gasteiger partial charge < -0.3 is 20.9 Å². The van der Waals surface area contributed by atoms with Crippen molar-refractivity contribution in [3.8, 4) is 0 Å². The van der Waals surface area contributed by atoms with Gasteiger partial charge >= 0.3 is 7.12 Å². The summed E-state index contributed by atoms with van der Waals surface area (Å²) < 4.78 is 0. The maximum atomic E-state index is 8.78. The van der Waals surface area contributed by atoms with Gasteiger partial charge in [0.05, 0.1) is 6.61 Å². The van der Waals surface area contributed by atoms with Crippen molar-refractivity contribution in [2.75, 3.05) is 5.73 Å². The lowest BCUT2D eigenvalue weighted by Crippen LogP contribution is -2.33. The molecular weight excluding hydrogens is 159 g/mol. The molecule has 0 amide bonds. The smallest absolute Gasteiger partial charge is 0.423 e. The van der Waals surface area contributed by atoms with Gasteiger partial charge in [-0.25, -0.2) is 4.98 Å². The number of nitrogens with two attached hydrogens (primary N) is 1. The molecule has 5 N–H and O–H groups in total. The van der Waals surface area contributed by atoms with Crippen LogP contribution in [0, 0.1) is 0 Å². The Morgan fingerprint density at radius 1 is 1.50 bits per heavy atom. The first kappa shape index (κ1) is 8.99. The van der Waals surface area contributed by atoms with E-state index in [1.54, 1.807) is 0 Å². The third-order valence-electron chi connectivity index (χ3n) is 1.47. The van der Waals surface area contributed by atoms with E-state index in [0.717, 1.165) is 0 Å². The number of rotatable bonds is 2. The largest absolute Gasteiger partial charge is 0.492 e. The molecule has 64 valence electrons. The molecule has 0 fully saturated rings. The minimum atomic E-state index is -1.65. The fourth-order valence-corrected chi connectivity index (χ4v) is 0.831. The number of anilines is 1. The van der Waals surface area contributed by atoms with E-state index in [1.165, 1.54) is 12.3 Å². The van der Waals surface area contributed by atoms with Gasteiger partial charge in [-0.1, -0.05) is 6.07 Å². The van der Waals surface area contributed by atoms with Crippen LogP contribution < -0.4 is 11.2 Å². The van der Waals surface area contributed by atoms with Crippen molar-refractivity contribution in [3.05, 3.63) is 17.8 Å². The zero-order valence-electron chi connectivity index (χ0n) is 6.31. The van der Waals surface area contributed by atoms with Crippen LogP contribution in [0.25, 0.3) is 0 Å². The van der Waals surface area contributed by atoms with Gasteiger partial charge in [0.2, 0.25) is 0 Å². The molecule has 0 aromatic carbocycles. The number of aromatic nitrogens is 1. The van der Waals surface area contributed by atoms with Crippen LogP contribution in [0.15, 0.2) is 12.3 Å². The zero-order valence-corrected chi connectivity index (χ0v) is 6.31. The van der Waals surface area contributed by atoms with Gasteiger partial charge in [-0.2, -0.15) is 0 Å². The molecule has 0 saturated carbocycles. The van der Waals surface area contributed by atoms with Gasteiger partial charge in [0, 0.05) is 11.7 Å². The average molecular weight is 168 g/mol. The van der Waals surface area contributed by atoms with E-state index in [4.69, 9.17) is 20.9 Å². The maximum absolute atomic E-state index is 8.78. The highest BCUT2D eigenvalue weighted by Crippen LogP contribution is 1.99. The summed E-state index contributed by atoms with van der Waals surface area (Å²) in [5.41, 5.74) is 5.94. The standard InChI is InChI=1S/C6H9BN2O3/c8-6-5(7(11)12)1-4(3-10)2-9-6/h1-2,10-12H,3H2,(H2,8,9). The van der Waals surface area contributed by atoms with E-state index in [2.05, 4.69) is 4.98 Å². The lowest BCUT2D eigenvalue weighted by Gasteiger charge is -2.04. The number of aliphatic hydroxyl groups excluding tert-OH is 1. The highest BCUT2D eigenvalue weighted by Gasteiger charge is 2.15. The van der Waals surface area contributed by atoms with Crippen molar-refractivity contribution in [1.82, 2.24) is 4.98 Å². The van der Waals surface area contributed by atoms with Crippen LogP contribution in [0.4, 0.5) is 5.82 Å². The summed E-state index contributed by atoms with van der Waals surface area (Å²) >= 11 is 0. The summed E-state index contributed by atoms with van der Waals surface area (Å²) in [5.74, 6) is 0.0576. The third kappa shape index (κ3) is 1.73. The molecule has 0 radical (unpaired) electrons. The highest BCUT2D eigenvalue weighted by molar-refractivity contribution is 6.60. The number of pyridine rings is 1. The summed E-state index contributed by atoms with van der Waals surface area (Å²) in [6.45, 7) is -0.201. The lowest BCUT2D eigenvalue weighted by atomic mass is 9.80. The van der Waals surface area contributed by atoms with Gasteiger partial charge in [0.15, 0.2) is 0 Å².